The van der Waals surface area contributed by atoms with Crippen LogP contribution in [0, 0.1) is 22.7 Å². The molecular formula is C23H32N6O7. The lowest BCUT2D eigenvalue weighted by Gasteiger charge is -2.24. The van der Waals surface area contributed by atoms with E-state index in [-0.39, 0.29) is 30.8 Å². The van der Waals surface area contributed by atoms with Gasteiger partial charge in [-0.3, -0.25) is 9.59 Å². The molecule has 3 rings (SSSR count). The second-order valence-electron chi connectivity index (χ2n) is 9.99. The minimum atomic E-state index is -2.01. The molecule has 0 saturated carbocycles. The molecule has 13 nitrogen and oxygen atoms in total. The summed E-state index contributed by atoms with van der Waals surface area (Å²) in [6.07, 6.45) is -3.09. The van der Waals surface area contributed by atoms with Gasteiger partial charge in [0.15, 0.2) is 12.6 Å². The number of aromatic nitrogens is 3. The molecule has 0 aliphatic carbocycles. The number of nitrogens with two attached hydrogens (primary N) is 1. The topological polar surface area (TPSA) is 194 Å². The van der Waals surface area contributed by atoms with Crippen LogP contribution in [0.4, 0.5) is 5.82 Å². The number of ether oxygens (including phenoxy) is 3. The number of anilines is 1. The van der Waals surface area contributed by atoms with Crippen LogP contribution in [0.3, 0.4) is 0 Å². The Morgan fingerprint density at radius 3 is 2.67 bits per heavy atom. The molecule has 13 heteroatoms. The quantitative estimate of drug-likeness (QED) is 0.215. The number of aliphatic hydroxyl groups is 2. The maximum Gasteiger partial charge on any atom is 0.313 e. The maximum absolute atomic E-state index is 12.4. The third-order valence-corrected chi connectivity index (χ3v) is 5.89. The fourth-order valence-electron chi connectivity index (χ4n) is 3.61. The van der Waals surface area contributed by atoms with Crippen LogP contribution < -0.4 is 11.1 Å². The average Bonchev–Trinajstić information content (AvgIpc) is 3.36. The first kappa shape index (κ1) is 27.4. The summed E-state index contributed by atoms with van der Waals surface area (Å²) < 4.78 is 17.4. The molecule has 0 spiro atoms. The number of hydrogen-bond donors (Lipinski definition) is 4. The number of carbonyl (C=O) groups excluding carboxylic acids is 2. The van der Waals surface area contributed by atoms with E-state index in [1.165, 1.54) is 16.9 Å². The highest BCUT2D eigenvalue weighted by molar-refractivity contribution is 5.97. The first-order valence-corrected chi connectivity index (χ1v) is 11.4. The summed E-state index contributed by atoms with van der Waals surface area (Å²) in [5.74, 6) is -0.871. The SMILES string of the molecule is CC(C)[C@H](N)C(=O)Nc1ncnn2c([C@]3(C#N)O[C@H](COCOC(=O)C(C)(C)C)[C@@H](O)[C@H]3O)ccc12. The Morgan fingerprint density at radius 1 is 1.36 bits per heavy atom. The normalized spacial score (nSPS) is 25.1. The van der Waals surface area contributed by atoms with Gasteiger partial charge in [-0.25, -0.2) is 9.50 Å². The smallest absolute Gasteiger partial charge is 0.313 e. The van der Waals surface area contributed by atoms with Crippen LogP contribution in [-0.2, 0) is 29.4 Å². The third kappa shape index (κ3) is 5.18. The lowest BCUT2D eigenvalue weighted by atomic mass is 9.92. The van der Waals surface area contributed by atoms with Gasteiger partial charge in [0.2, 0.25) is 11.5 Å². The molecule has 196 valence electrons. The lowest BCUT2D eigenvalue weighted by molar-refractivity contribution is -0.170. The lowest BCUT2D eigenvalue weighted by Crippen LogP contribution is -2.41. The van der Waals surface area contributed by atoms with Gasteiger partial charge in [0.1, 0.15) is 36.2 Å². The van der Waals surface area contributed by atoms with Gasteiger partial charge in [0.05, 0.1) is 23.8 Å². The molecule has 3 heterocycles. The second-order valence-corrected chi connectivity index (χ2v) is 9.99. The number of nitrogens with one attached hydrogen (secondary N) is 1. The van der Waals surface area contributed by atoms with Crippen LogP contribution in [0.25, 0.3) is 5.52 Å². The molecule has 5 N–H and O–H groups in total. The first-order chi connectivity index (χ1) is 16.8. The highest BCUT2D eigenvalue weighted by Crippen LogP contribution is 2.40. The van der Waals surface area contributed by atoms with Crippen molar-refractivity contribution in [3.05, 3.63) is 24.2 Å². The highest BCUT2D eigenvalue weighted by Gasteiger charge is 2.57. The third-order valence-electron chi connectivity index (χ3n) is 5.89. The summed E-state index contributed by atoms with van der Waals surface area (Å²) in [6, 6.07) is 4.20. The number of hydrogen-bond acceptors (Lipinski definition) is 11. The van der Waals surface area contributed by atoms with Crippen molar-refractivity contribution >= 4 is 23.2 Å². The molecule has 1 fully saturated rings. The van der Waals surface area contributed by atoms with E-state index in [1.807, 2.05) is 19.9 Å². The Kier molecular flexibility index (Phi) is 7.97. The maximum atomic E-state index is 12.4. The zero-order valence-electron chi connectivity index (χ0n) is 20.8. The molecule has 1 saturated heterocycles. The molecule has 1 amide bonds. The van der Waals surface area contributed by atoms with E-state index in [9.17, 15) is 25.1 Å². The summed E-state index contributed by atoms with van der Waals surface area (Å²) in [5.41, 5.74) is 3.62. The molecule has 5 atom stereocenters. The fourth-order valence-corrected chi connectivity index (χ4v) is 3.61. The van der Waals surface area contributed by atoms with E-state index >= 15 is 0 Å². The van der Waals surface area contributed by atoms with Crippen LogP contribution in [0.5, 0.6) is 0 Å². The molecule has 1 aliphatic heterocycles. The van der Waals surface area contributed by atoms with Gasteiger partial charge in [0, 0.05) is 0 Å². The Labute approximate surface area is 208 Å². The number of carbonyl (C=O) groups is 2. The van der Waals surface area contributed by atoms with Crippen molar-refractivity contribution < 1.29 is 34.0 Å². The Balaban J connectivity index is 1.81. The van der Waals surface area contributed by atoms with Crippen molar-refractivity contribution in [2.75, 3.05) is 18.7 Å². The van der Waals surface area contributed by atoms with Gasteiger partial charge in [-0.05, 0) is 38.8 Å². The van der Waals surface area contributed by atoms with E-state index in [0.717, 1.165) is 0 Å². The van der Waals surface area contributed by atoms with Gasteiger partial charge in [0.25, 0.3) is 0 Å². The van der Waals surface area contributed by atoms with Crippen molar-refractivity contribution in [1.29, 1.82) is 5.26 Å². The Bertz CT molecular complexity index is 1150. The molecule has 2 aromatic heterocycles. The van der Waals surface area contributed by atoms with Gasteiger partial charge in [-0.1, -0.05) is 13.8 Å². The van der Waals surface area contributed by atoms with Gasteiger partial charge in [-0.15, -0.1) is 0 Å². The van der Waals surface area contributed by atoms with Gasteiger partial charge in [-0.2, -0.15) is 10.4 Å². The molecule has 0 bridgehead atoms. The number of rotatable bonds is 8. The summed E-state index contributed by atoms with van der Waals surface area (Å²) in [7, 11) is 0. The van der Waals surface area contributed by atoms with E-state index in [1.54, 1.807) is 26.8 Å². The van der Waals surface area contributed by atoms with Crippen LogP contribution in [-0.4, -0.2) is 74.4 Å². The number of nitriles is 1. The van der Waals surface area contributed by atoms with Crippen LogP contribution in [0.2, 0.25) is 0 Å². The average molecular weight is 505 g/mol. The monoisotopic (exact) mass is 504 g/mol. The number of nitrogens with zero attached hydrogens (tertiary/aromatic N) is 4. The summed E-state index contributed by atoms with van der Waals surface area (Å²) in [4.78, 5) is 28.4. The Morgan fingerprint density at radius 2 is 2.06 bits per heavy atom. The van der Waals surface area contributed by atoms with Crippen molar-refractivity contribution in [2.45, 2.75) is 64.6 Å². The summed E-state index contributed by atoms with van der Waals surface area (Å²) in [6.45, 7) is 8.05. The number of amides is 1. The summed E-state index contributed by atoms with van der Waals surface area (Å²) in [5, 5.41) is 38.2. The van der Waals surface area contributed by atoms with Crippen LogP contribution in [0.1, 0.15) is 40.3 Å². The minimum absolute atomic E-state index is 0.105. The van der Waals surface area contributed by atoms with Crippen molar-refractivity contribution in [3.8, 4) is 6.07 Å². The predicted molar refractivity (Wildman–Crippen MR) is 125 cm³/mol. The van der Waals surface area contributed by atoms with Crippen molar-refractivity contribution in [1.82, 2.24) is 14.6 Å². The van der Waals surface area contributed by atoms with E-state index in [0.29, 0.717) is 5.52 Å². The molecule has 0 radical (unpaired) electrons. The first-order valence-electron chi connectivity index (χ1n) is 11.4. The molecule has 2 aromatic rings. The second kappa shape index (κ2) is 10.5. The van der Waals surface area contributed by atoms with Crippen LogP contribution in [0.15, 0.2) is 18.5 Å². The Hall–Kier alpha value is -3.15. The van der Waals surface area contributed by atoms with E-state index in [2.05, 4.69) is 15.4 Å². The highest BCUT2D eigenvalue weighted by atomic mass is 16.7. The zero-order chi connectivity index (χ0) is 26.8. The van der Waals surface area contributed by atoms with Crippen LogP contribution >= 0.6 is 0 Å². The number of aliphatic hydroxyl groups excluding tert-OH is 2. The van der Waals surface area contributed by atoms with Gasteiger partial charge < -0.3 is 35.5 Å². The van der Waals surface area contributed by atoms with Crippen molar-refractivity contribution in [3.63, 3.8) is 0 Å². The largest absolute Gasteiger partial charge is 0.438 e. The van der Waals surface area contributed by atoms with Crippen molar-refractivity contribution in [2.24, 2.45) is 17.1 Å². The minimum Gasteiger partial charge on any atom is -0.438 e. The molecular weight excluding hydrogens is 472 g/mol. The molecule has 1 aliphatic rings. The predicted octanol–water partition coefficient (Wildman–Crippen LogP) is 0.0540. The van der Waals surface area contributed by atoms with Gasteiger partial charge >= 0.3 is 5.97 Å². The fraction of sp³-hybridized carbons (Fsp3) is 0.609. The zero-order valence-corrected chi connectivity index (χ0v) is 20.8. The van der Waals surface area contributed by atoms with E-state index < -0.39 is 47.2 Å². The molecule has 36 heavy (non-hydrogen) atoms. The number of esters is 1. The summed E-state index contributed by atoms with van der Waals surface area (Å²) >= 11 is 0. The van der Waals surface area contributed by atoms with E-state index in [4.69, 9.17) is 19.9 Å². The molecule has 0 aromatic carbocycles. The number of fused-ring (bicyclic) bond motifs is 1. The molecule has 0 unspecified atom stereocenters. The standard InChI is InChI=1S/C23H32N6O7/c1-12(2)16(25)20(32)28-19-13-6-7-15(29(13)27-10-26-19)23(9-24)18(31)17(30)14(36-23)8-34-11-35-21(33)22(3,4)5/h6-7,10,12,14,16-18,30-31H,8,11,25H2,1-5H3,(H,26,27,28,32)/t14-,16+,17-,18-,23+/m1/s1.